The number of likely N-dealkylation sites (tertiary alicyclic amines) is 1. The third-order valence-corrected chi connectivity index (χ3v) is 6.38. The first kappa shape index (κ1) is 25.2. The Labute approximate surface area is 220 Å². The SMILES string of the molecule is CN1CC(NC(=O)c2cccc(Nc3nc(Nc4cccc(N)c4)nc4c(CCCCC=O)cnn34)c2)C1. The Kier molecular flexibility index (Phi) is 7.45. The number of aromatic nitrogens is 4. The molecule has 0 spiro atoms. The highest BCUT2D eigenvalue weighted by atomic mass is 16.1. The molecule has 2 aromatic carbocycles. The van der Waals surface area contributed by atoms with Gasteiger partial charge in [-0.25, -0.2) is 0 Å². The molecule has 1 fully saturated rings. The molecule has 2 aromatic heterocycles. The number of hydrogen-bond donors (Lipinski definition) is 4. The third-order valence-electron chi connectivity index (χ3n) is 6.38. The topological polar surface area (TPSA) is 143 Å². The molecule has 196 valence electrons. The first-order valence-corrected chi connectivity index (χ1v) is 12.7. The van der Waals surface area contributed by atoms with Gasteiger partial charge in [0.15, 0.2) is 5.65 Å². The second-order valence-corrected chi connectivity index (χ2v) is 9.54. The van der Waals surface area contributed by atoms with Crippen LogP contribution in [0.2, 0.25) is 0 Å². The van der Waals surface area contributed by atoms with Crippen molar-refractivity contribution in [2.24, 2.45) is 0 Å². The molecule has 5 N–H and O–H groups in total. The molecule has 4 aromatic rings. The van der Waals surface area contributed by atoms with Crippen molar-refractivity contribution in [1.82, 2.24) is 29.8 Å². The van der Waals surface area contributed by atoms with Crippen LogP contribution in [0.1, 0.15) is 35.2 Å². The Morgan fingerprint density at radius 3 is 2.63 bits per heavy atom. The van der Waals surface area contributed by atoms with Gasteiger partial charge in [0.05, 0.1) is 12.2 Å². The van der Waals surface area contributed by atoms with Crippen molar-refractivity contribution >= 4 is 46.8 Å². The number of rotatable bonds is 11. The molecule has 1 aliphatic rings. The summed E-state index contributed by atoms with van der Waals surface area (Å²) in [7, 11) is 2.03. The van der Waals surface area contributed by atoms with Crippen LogP contribution in [0.15, 0.2) is 54.7 Å². The molecule has 11 heteroatoms. The quantitative estimate of drug-likeness (QED) is 0.135. The molecule has 5 rings (SSSR count). The molecule has 0 saturated carbocycles. The van der Waals surface area contributed by atoms with E-state index in [1.807, 2.05) is 37.4 Å². The fourth-order valence-electron chi connectivity index (χ4n) is 4.45. The average Bonchev–Trinajstić information content (AvgIpc) is 3.29. The first-order valence-electron chi connectivity index (χ1n) is 12.7. The maximum absolute atomic E-state index is 12.8. The number of unbranched alkanes of at least 4 members (excludes halogenated alkanes) is 2. The summed E-state index contributed by atoms with van der Waals surface area (Å²) >= 11 is 0. The highest BCUT2D eigenvalue weighted by Gasteiger charge is 2.25. The number of anilines is 5. The van der Waals surface area contributed by atoms with Crippen LogP contribution in [-0.4, -0.2) is 62.9 Å². The van der Waals surface area contributed by atoms with Crippen molar-refractivity contribution in [3.8, 4) is 0 Å². The summed E-state index contributed by atoms with van der Waals surface area (Å²) in [6.07, 6.45) is 5.63. The van der Waals surface area contributed by atoms with Gasteiger partial charge < -0.3 is 31.4 Å². The van der Waals surface area contributed by atoms with Gasteiger partial charge in [-0.15, -0.1) is 0 Å². The number of nitrogen functional groups attached to an aromatic ring is 1. The molecule has 1 amide bonds. The molecule has 1 saturated heterocycles. The van der Waals surface area contributed by atoms with Gasteiger partial charge in [-0.05, 0) is 62.7 Å². The summed E-state index contributed by atoms with van der Waals surface area (Å²) in [4.78, 5) is 35.0. The molecule has 0 atom stereocenters. The summed E-state index contributed by atoms with van der Waals surface area (Å²) in [6.45, 7) is 1.70. The summed E-state index contributed by atoms with van der Waals surface area (Å²) in [5.74, 6) is 0.710. The van der Waals surface area contributed by atoms with E-state index in [-0.39, 0.29) is 11.9 Å². The van der Waals surface area contributed by atoms with Crippen LogP contribution in [0.3, 0.4) is 0 Å². The van der Waals surface area contributed by atoms with E-state index in [0.29, 0.717) is 40.9 Å². The van der Waals surface area contributed by atoms with E-state index >= 15 is 0 Å². The standard InChI is InChI=1S/C27H31N9O2/c1-35-16-23(17-35)30-25(38)18-8-5-10-21(13-18)32-27-34-26(31-22-11-6-9-20(28)14-22)33-24-19(15-29-36(24)27)7-3-2-4-12-37/h5-6,8-15,23H,2-4,7,16-17,28H2,1H3,(H,30,38)(H2,31,32,33,34). The monoisotopic (exact) mass is 513 g/mol. The van der Waals surface area contributed by atoms with E-state index in [9.17, 15) is 9.59 Å². The molecule has 11 nitrogen and oxygen atoms in total. The van der Waals surface area contributed by atoms with E-state index in [0.717, 1.165) is 49.9 Å². The number of carbonyl (C=O) groups excluding carboxylic acids is 2. The zero-order valence-corrected chi connectivity index (χ0v) is 21.2. The van der Waals surface area contributed by atoms with Crippen molar-refractivity contribution in [1.29, 1.82) is 0 Å². The Balaban J connectivity index is 1.42. The number of benzene rings is 2. The number of aryl methyl sites for hydroxylation is 1. The number of fused-ring (bicyclic) bond motifs is 1. The first-order chi connectivity index (χ1) is 18.5. The second-order valence-electron chi connectivity index (χ2n) is 9.54. The predicted molar refractivity (Wildman–Crippen MR) is 147 cm³/mol. The highest BCUT2D eigenvalue weighted by molar-refractivity contribution is 5.95. The van der Waals surface area contributed by atoms with Crippen LogP contribution in [0.25, 0.3) is 5.65 Å². The number of carbonyl (C=O) groups is 2. The van der Waals surface area contributed by atoms with Crippen molar-refractivity contribution < 1.29 is 9.59 Å². The Morgan fingerprint density at radius 1 is 1.08 bits per heavy atom. The van der Waals surface area contributed by atoms with Crippen molar-refractivity contribution in [3.63, 3.8) is 0 Å². The maximum Gasteiger partial charge on any atom is 0.251 e. The normalized spacial score (nSPS) is 13.7. The van der Waals surface area contributed by atoms with Gasteiger partial charge in [0.2, 0.25) is 11.9 Å². The highest BCUT2D eigenvalue weighted by Crippen LogP contribution is 2.24. The van der Waals surface area contributed by atoms with Crippen LogP contribution in [-0.2, 0) is 11.2 Å². The zero-order valence-electron chi connectivity index (χ0n) is 21.2. The lowest BCUT2D eigenvalue weighted by molar-refractivity contribution is -0.107. The maximum atomic E-state index is 12.8. The van der Waals surface area contributed by atoms with E-state index < -0.39 is 0 Å². The van der Waals surface area contributed by atoms with Gasteiger partial charge in [0.1, 0.15) is 6.29 Å². The van der Waals surface area contributed by atoms with Gasteiger partial charge in [0, 0.05) is 47.7 Å². The zero-order chi connectivity index (χ0) is 26.5. The minimum atomic E-state index is -0.111. The summed E-state index contributed by atoms with van der Waals surface area (Å²) in [5, 5.41) is 14.1. The summed E-state index contributed by atoms with van der Waals surface area (Å²) in [6, 6.07) is 14.8. The number of aldehydes is 1. The van der Waals surface area contributed by atoms with E-state index in [1.165, 1.54) is 0 Å². The van der Waals surface area contributed by atoms with Crippen molar-refractivity contribution in [2.75, 3.05) is 36.5 Å². The number of hydrogen-bond acceptors (Lipinski definition) is 9. The molecule has 0 bridgehead atoms. The molecule has 0 radical (unpaired) electrons. The van der Waals surface area contributed by atoms with Crippen LogP contribution >= 0.6 is 0 Å². The fourth-order valence-corrected chi connectivity index (χ4v) is 4.45. The van der Waals surface area contributed by atoms with Crippen LogP contribution < -0.4 is 21.7 Å². The predicted octanol–water partition coefficient (Wildman–Crippen LogP) is 3.15. The molecule has 3 heterocycles. The van der Waals surface area contributed by atoms with Crippen LogP contribution in [0, 0.1) is 0 Å². The van der Waals surface area contributed by atoms with Gasteiger partial charge >= 0.3 is 0 Å². The number of nitrogens with zero attached hydrogens (tertiary/aromatic N) is 5. The lowest BCUT2D eigenvalue weighted by atomic mass is 10.1. The van der Waals surface area contributed by atoms with Gasteiger partial charge in [0.25, 0.3) is 5.91 Å². The average molecular weight is 514 g/mol. The van der Waals surface area contributed by atoms with Crippen LogP contribution in [0.4, 0.5) is 29.0 Å². The summed E-state index contributed by atoms with van der Waals surface area (Å²) in [5.41, 5.74) is 10.2. The molecule has 0 unspecified atom stereocenters. The molecular formula is C27H31N9O2. The minimum absolute atomic E-state index is 0.111. The van der Waals surface area contributed by atoms with E-state index in [1.54, 1.807) is 28.9 Å². The van der Waals surface area contributed by atoms with Gasteiger partial charge in [-0.3, -0.25) is 4.79 Å². The number of amides is 1. The second kappa shape index (κ2) is 11.3. The molecule has 1 aliphatic heterocycles. The number of nitrogens with two attached hydrogens (primary N) is 1. The van der Waals surface area contributed by atoms with Crippen molar-refractivity contribution in [3.05, 3.63) is 65.9 Å². The lowest BCUT2D eigenvalue weighted by Gasteiger charge is -2.36. The number of nitrogens with one attached hydrogen (secondary N) is 3. The molecule has 38 heavy (non-hydrogen) atoms. The van der Waals surface area contributed by atoms with Gasteiger partial charge in [-0.1, -0.05) is 12.1 Å². The number of likely N-dealkylation sites (N-methyl/N-ethyl adjacent to an activating group) is 1. The third kappa shape index (κ3) is 5.89. The Morgan fingerprint density at radius 2 is 1.87 bits per heavy atom. The fraction of sp³-hybridized carbons (Fsp3) is 0.296. The smallest absolute Gasteiger partial charge is 0.251 e. The van der Waals surface area contributed by atoms with Gasteiger partial charge in [-0.2, -0.15) is 19.6 Å². The minimum Gasteiger partial charge on any atom is -0.399 e. The lowest BCUT2D eigenvalue weighted by Crippen LogP contribution is -2.57. The van der Waals surface area contributed by atoms with Crippen molar-refractivity contribution in [2.45, 2.75) is 31.7 Å². The van der Waals surface area contributed by atoms with E-state index in [4.69, 9.17) is 10.7 Å². The Hall–Kier alpha value is -4.51. The molecular weight excluding hydrogens is 482 g/mol. The van der Waals surface area contributed by atoms with E-state index in [2.05, 4.69) is 30.9 Å². The molecule has 0 aliphatic carbocycles. The largest absolute Gasteiger partial charge is 0.399 e. The van der Waals surface area contributed by atoms with Crippen LogP contribution in [0.5, 0.6) is 0 Å². The Bertz CT molecular complexity index is 1450. The summed E-state index contributed by atoms with van der Waals surface area (Å²) < 4.78 is 1.65.